The second-order valence-corrected chi connectivity index (χ2v) is 12.5. The fourth-order valence-corrected chi connectivity index (χ4v) is 6.93. The lowest BCUT2D eigenvalue weighted by atomic mass is 9.97. The quantitative estimate of drug-likeness (QED) is 0.264. The summed E-state index contributed by atoms with van der Waals surface area (Å²) in [6.45, 7) is 14.9. The molecule has 2 fully saturated rings. The minimum atomic E-state index is -0.632. The Morgan fingerprint density at radius 1 is 0.932 bits per heavy atom. The molecule has 0 saturated carbocycles. The first kappa shape index (κ1) is 30.5. The molecule has 0 amide bonds. The monoisotopic (exact) mass is 603 g/mol. The maximum atomic E-state index is 15.1. The number of anilines is 2. The molecular weight excluding hydrogens is 560 g/mol. The Balaban J connectivity index is 1.15. The number of imidazole rings is 1. The van der Waals surface area contributed by atoms with Crippen LogP contribution >= 0.6 is 0 Å². The molecule has 44 heavy (non-hydrogen) atoms. The maximum Gasteiger partial charge on any atom is 0.229 e. The summed E-state index contributed by atoms with van der Waals surface area (Å²) in [5, 5.41) is 3.10. The van der Waals surface area contributed by atoms with Gasteiger partial charge in [0.05, 0.1) is 11.7 Å². The van der Waals surface area contributed by atoms with Crippen molar-refractivity contribution in [2.24, 2.45) is 0 Å². The Morgan fingerprint density at radius 2 is 1.68 bits per heavy atom. The lowest BCUT2D eigenvalue weighted by Gasteiger charge is -2.43. The molecule has 2 saturated heterocycles. The van der Waals surface area contributed by atoms with Gasteiger partial charge in [-0.2, -0.15) is 0 Å². The second-order valence-electron chi connectivity index (χ2n) is 12.5. The molecule has 0 radical (unpaired) electrons. The first-order valence-electron chi connectivity index (χ1n) is 15.8. The van der Waals surface area contributed by atoms with E-state index in [1.54, 1.807) is 6.07 Å². The average molecular weight is 604 g/mol. The Morgan fingerprint density at radius 3 is 2.34 bits per heavy atom. The molecule has 234 valence electrons. The minimum absolute atomic E-state index is 0.0140. The number of aromatic nitrogens is 5. The van der Waals surface area contributed by atoms with Crippen molar-refractivity contribution < 1.29 is 8.78 Å². The highest BCUT2D eigenvalue weighted by Gasteiger charge is 2.30. The van der Waals surface area contributed by atoms with E-state index in [0.717, 1.165) is 38.8 Å². The Bertz CT molecular complexity index is 1590. The number of aryl methyl sites for hydroxylation is 1. The van der Waals surface area contributed by atoms with E-state index >= 15 is 4.39 Å². The van der Waals surface area contributed by atoms with Gasteiger partial charge in [0.25, 0.3) is 0 Å². The first-order valence-corrected chi connectivity index (χ1v) is 15.8. The van der Waals surface area contributed by atoms with Crippen molar-refractivity contribution in [1.29, 1.82) is 0 Å². The van der Waals surface area contributed by atoms with Gasteiger partial charge < -0.3 is 14.8 Å². The molecule has 1 aromatic carbocycles. The molecule has 1 atom stereocenters. The average Bonchev–Trinajstić information content (AvgIpc) is 3.36. The predicted octanol–water partition coefficient (Wildman–Crippen LogP) is 5.96. The van der Waals surface area contributed by atoms with Crippen molar-refractivity contribution in [2.45, 2.75) is 65.1 Å². The summed E-state index contributed by atoms with van der Waals surface area (Å²) in [7, 11) is 2.21. The van der Waals surface area contributed by atoms with E-state index in [1.165, 1.54) is 37.6 Å². The van der Waals surface area contributed by atoms with Crippen molar-refractivity contribution in [1.82, 2.24) is 39.2 Å². The molecule has 0 spiro atoms. The third-order valence-electron chi connectivity index (χ3n) is 9.25. The van der Waals surface area contributed by atoms with Gasteiger partial charge in [0.1, 0.15) is 22.9 Å². The van der Waals surface area contributed by atoms with Gasteiger partial charge in [-0.3, -0.25) is 9.80 Å². The number of likely N-dealkylation sites (N-methyl/N-ethyl adjacent to an activating group) is 1. The first-order chi connectivity index (χ1) is 21.2. The minimum Gasteiger partial charge on any atom is -0.326 e. The van der Waals surface area contributed by atoms with E-state index < -0.39 is 11.6 Å². The zero-order valence-corrected chi connectivity index (χ0v) is 26.4. The zero-order chi connectivity index (χ0) is 31.0. The molecule has 2 aliphatic rings. The molecule has 0 bridgehead atoms. The van der Waals surface area contributed by atoms with Gasteiger partial charge in [-0.1, -0.05) is 13.0 Å². The third-order valence-corrected chi connectivity index (χ3v) is 9.25. The molecule has 4 aromatic rings. The normalized spacial score (nSPS) is 18.4. The summed E-state index contributed by atoms with van der Waals surface area (Å²) in [6, 6.07) is 8.09. The predicted molar refractivity (Wildman–Crippen MR) is 170 cm³/mol. The van der Waals surface area contributed by atoms with Crippen molar-refractivity contribution in [3.05, 3.63) is 59.7 Å². The van der Waals surface area contributed by atoms with Crippen LogP contribution in [0.2, 0.25) is 0 Å². The van der Waals surface area contributed by atoms with E-state index in [0.29, 0.717) is 34.8 Å². The largest absolute Gasteiger partial charge is 0.326 e. The van der Waals surface area contributed by atoms with Crippen LogP contribution in [0.25, 0.3) is 22.3 Å². The number of hydrogen-bond donors (Lipinski definition) is 1. The van der Waals surface area contributed by atoms with Crippen LogP contribution < -0.4 is 5.32 Å². The molecular formula is C33H43F2N9. The smallest absolute Gasteiger partial charge is 0.229 e. The number of nitrogens with zero attached hydrogens (tertiary/aromatic N) is 8. The molecule has 6 rings (SSSR count). The number of piperidine rings is 1. The Hall–Kier alpha value is -3.54. The van der Waals surface area contributed by atoms with Crippen LogP contribution in [0, 0.1) is 18.6 Å². The standard InChI is InChI=1S/C33H43F2N9/c1-6-28(43-11-9-25(10-12-43)42-15-13-41(5)14-16-42)23-7-8-30(36-19-23)39-33-37-20-27(35)31(40-33)24-17-26(34)32-29(18-24)44(21(2)3)22(4)38-32/h7-8,17-21,25,28H,6,9-16H2,1-5H3,(H,36,37,39,40)/t28-/m1/s1. The van der Waals surface area contributed by atoms with Crippen LogP contribution in [-0.2, 0) is 0 Å². The van der Waals surface area contributed by atoms with Crippen molar-refractivity contribution >= 4 is 22.8 Å². The Kier molecular flexibility index (Phi) is 8.89. The summed E-state index contributed by atoms with van der Waals surface area (Å²) in [5.74, 6) is 0.302. The highest BCUT2D eigenvalue weighted by molar-refractivity contribution is 5.83. The molecule has 2 aliphatic heterocycles. The summed E-state index contributed by atoms with van der Waals surface area (Å²) >= 11 is 0. The number of pyridine rings is 1. The number of hydrogen-bond acceptors (Lipinski definition) is 8. The zero-order valence-electron chi connectivity index (χ0n) is 26.4. The van der Waals surface area contributed by atoms with Gasteiger partial charge in [-0.05, 0) is 70.8 Å². The molecule has 5 heterocycles. The highest BCUT2D eigenvalue weighted by Crippen LogP contribution is 2.32. The molecule has 0 aliphatic carbocycles. The molecule has 3 aromatic heterocycles. The highest BCUT2D eigenvalue weighted by atomic mass is 19.1. The topological polar surface area (TPSA) is 78.2 Å². The van der Waals surface area contributed by atoms with E-state index in [2.05, 4.69) is 60.0 Å². The number of fused-ring (bicyclic) bond motifs is 1. The van der Waals surface area contributed by atoms with Gasteiger partial charge in [-0.25, -0.2) is 28.7 Å². The van der Waals surface area contributed by atoms with Crippen LogP contribution in [0.15, 0.2) is 36.7 Å². The van der Waals surface area contributed by atoms with E-state index in [1.807, 2.05) is 37.6 Å². The van der Waals surface area contributed by atoms with Crippen molar-refractivity contribution in [3.8, 4) is 11.3 Å². The molecule has 1 N–H and O–H groups in total. The lowest BCUT2D eigenvalue weighted by Crippen LogP contribution is -2.52. The molecule has 0 unspecified atom stereocenters. The number of nitrogens with one attached hydrogen (secondary N) is 1. The van der Waals surface area contributed by atoms with E-state index in [-0.39, 0.29) is 23.2 Å². The summed E-state index contributed by atoms with van der Waals surface area (Å²) in [5.41, 5.74) is 2.39. The van der Waals surface area contributed by atoms with Gasteiger partial charge in [-0.15, -0.1) is 0 Å². The van der Waals surface area contributed by atoms with E-state index in [4.69, 9.17) is 0 Å². The second kappa shape index (κ2) is 12.8. The Labute approximate surface area is 258 Å². The molecule has 11 heteroatoms. The van der Waals surface area contributed by atoms with Gasteiger partial charge >= 0.3 is 0 Å². The fourth-order valence-electron chi connectivity index (χ4n) is 6.93. The molecule has 9 nitrogen and oxygen atoms in total. The number of rotatable bonds is 8. The third kappa shape index (κ3) is 6.18. The number of piperazine rings is 1. The summed E-state index contributed by atoms with van der Waals surface area (Å²) < 4.78 is 32.0. The van der Waals surface area contributed by atoms with Crippen LogP contribution in [-0.4, -0.2) is 91.6 Å². The van der Waals surface area contributed by atoms with Crippen LogP contribution in [0.5, 0.6) is 0 Å². The lowest BCUT2D eigenvalue weighted by molar-refractivity contribution is 0.0529. The van der Waals surface area contributed by atoms with Gasteiger partial charge in [0.2, 0.25) is 5.95 Å². The van der Waals surface area contributed by atoms with E-state index in [9.17, 15) is 4.39 Å². The van der Waals surface area contributed by atoms with Gasteiger partial charge in [0.15, 0.2) is 11.6 Å². The van der Waals surface area contributed by atoms with Gasteiger partial charge in [0, 0.05) is 69.2 Å². The maximum absolute atomic E-state index is 15.1. The SMILES string of the molecule is CC[C@H](c1ccc(Nc2ncc(F)c(-c3cc(F)c4nc(C)n(C(C)C)c4c3)n2)nc1)N1CCC(N2CCN(C)CC2)CC1. The van der Waals surface area contributed by atoms with Crippen LogP contribution in [0.1, 0.15) is 63.5 Å². The van der Waals surface area contributed by atoms with Crippen LogP contribution in [0.4, 0.5) is 20.5 Å². The number of benzene rings is 1. The van der Waals surface area contributed by atoms with Crippen molar-refractivity contribution in [3.63, 3.8) is 0 Å². The fraction of sp³-hybridized carbons (Fsp3) is 0.515. The number of likely N-dealkylation sites (tertiary alicyclic amines) is 1. The summed E-state index contributed by atoms with van der Waals surface area (Å²) in [4.78, 5) is 25.3. The number of halogens is 2. The van der Waals surface area contributed by atoms with Crippen LogP contribution in [0.3, 0.4) is 0 Å². The summed E-state index contributed by atoms with van der Waals surface area (Å²) in [6.07, 6.45) is 6.42. The van der Waals surface area contributed by atoms with Crippen molar-refractivity contribution in [2.75, 3.05) is 51.6 Å².